The van der Waals surface area contributed by atoms with Gasteiger partial charge in [0, 0.05) is 31.9 Å². The number of anilines is 1. The van der Waals surface area contributed by atoms with E-state index in [0.717, 1.165) is 5.69 Å². The SMILES string of the molecule is CNS(=O)(=O)c1ccc(OC(C)C)c(C(=O)N2CCN(c3ccc(C#N)cc3)CC2)c1. The molecule has 2 aromatic carbocycles. The number of benzene rings is 2. The lowest BCUT2D eigenvalue weighted by molar-refractivity contribution is 0.0740. The Morgan fingerprint density at radius 1 is 1.10 bits per heavy atom. The van der Waals surface area contributed by atoms with Gasteiger partial charge in [-0.1, -0.05) is 0 Å². The highest BCUT2D eigenvalue weighted by Crippen LogP contribution is 2.26. The molecule has 0 saturated carbocycles. The van der Waals surface area contributed by atoms with Gasteiger partial charge in [0.05, 0.1) is 28.2 Å². The Labute approximate surface area is 183 Å². The molecule has 1 aliphatic rings. The molecule has 31 heavy (non-hydrogen) atoms. The van der Waals surface area contributed by atoms with Gasteiger partial charge in [-0.3, -0.25) is 4.79 Å². The average Bonchev–Trinajstić information content (AvgIpc) is 2.78. The lowest BCUT2D eigenvalue weighted by Crippen LogP contribution is -2.48. The number of piperazine rings is 1. The van der Waals surface area contributed by atoms with E-state index in [4.69, 9.17) is 10.00 Å². The maximum absolute atomic E-state index is 13.3. The van der Waals surface area contributed by atoms with E-state index >= 15 is 0 Å². The summed E-state index contributed by atoms with van der Waals surface area (Å²) in [6.45, 7) is 5.94. The molecule has 8 nitrogen and oxygen atoms in total. The second kappa shape index (κ2) is 9.37. The first kappa shape index (κ1) is 22.6. The molecule has 0 aliphatic carbocycles. The minimum Gasteiger partial charge on any atom is -0.490 e. The molecule has 1 aliphatic heterocycles. The van der Waals surface area contributed by atoms with Gasteiger partial charge in [-0.05, 0) is 63.4 Å². The summed E-state index contributed by atoms with van der Waals surface area (Å²) in [5.74, 6) is 0.104. The van der Waals surface area contributed by atoms with Crippen molar-refractivity contribution in [2.45, 2.75) is 24.8 Å². The van der Waals surface area contributed by atoms with E-state index in [0.29, 0.717) is 37.5 Å². The summed E-state index contributed by atoms with van der Waals surface area (Å²) in [5, 5.41) is 8.95. The third kappa shape index (κ3) is 5.16. The molecule has 2 aromatic rings. The molecule has 0 spiro atoms. The highest BCUT2D eigenvalue weighted by Gasteiger charge is 2.26. The Morgan fingerprint density at radius 3 is 2.29 bits per heavy atom. The number of carbonyl (C=O) groups is 1. The van der Waals surface area contributed by atoms with Crippen LogP contribution in [-0.2, 0) is 10.0 Å². The third-order valence-electron chi connectivity index (χ3n) is 5.05. The molecule has 0 aromatic heterocycles. The van der Waals surface area contributed by atoms with Crippen molar-refractivity contribution in [3.63, 3.8) is 0 Å². The zero-order chi connectivity index (χ0) is 22.6. The van der Waals surface area contributed by atoms with Crippen LogP contribution in [0.15, 0.2) is 47.4 Å². The fourth-order valence-corrected chi connectivity index (χ4v) is 4.16. The number of hydrogen-bond acceptors (Lipinski definition) is 6. The van der Waals surface area contributed by atoms with Crippen molar-refractivity contribution in [2.75, 3.05) is 38.1 Å². The van der Waals surface area contributed by atoms with E-state index < -0.39 is 10.0 Å². The molecular formula is C22H26N4O4S. The number of nitriles is 1. The zero-order valence-corrected chi connectivity index (χ0v) is 18.6. The molecule has 1 fully saturated rings. The van der Waals surface area contributed by atoms with Crippen molar-refractivity contribution in [1.82, 2.24) is 9.62 Å². The fraction of sp³-hybridized carbons (Fsp3) is 0.364. The smallest absolute Gasteiger partial charge is 0.257 e. The van der Waals surface area contributed by atoms with Crippen LogP contribution in [0.3, 0.4) is 0 Å². The van der Waals surface area contributed by atoms with Crippen LogP contribution >= 0.6 is 0 Å². The first-order valence-corrected chi connectivity index (χ1v) is 11.5. The molecule has 3 rings (SSSR count). The Kier molecular flexibility index (Phi) is 6.83. The maximum Gasteiger partial charge on any atom is 0.257 e. The molecule has 0 radical (unpaired) electrons. The van der Waals surface area contributed by atoms with Crippen molar-refractivity contribution in [2.24, 2.45) is 0 Å². The van der Waals surface area contributed by atoms with E-state index in [1.807, 2.05) is 26.0 Å². The van der Waals surface area contributed by atoms with E-state index in [1.54, 1.807) is 17.0 Å². The molecule has 1 heterocycles. The van der Waals surface area contributed by atoms with E-state index in [1.165, 1.54) is 25.2 Å². The molecule has 1 amide bonds. The molecule has 164 valence electrons. The molecule has 0 unspecified atom stereocenters. The Bertz CT molecular complexity index is 1080. The monoisotopic (exact) mass is 442 g/mol. The highest BCUT2D eigenvalue weighted by atomic mass is 32.2. The number of ether oxygens (including phenoxy) is 1. The summed E-state index contributed by atoms with van der Waals surface area (Å²) in [4.78, 5) is 17.1. The van der Waals surface area contributed by atoms with Crippen LogP contribution in [0.1, 0.15) is 29.8 Å². The number of amides is 1. The molecule has 1 N–H and O–H groups in total. The molecule has 0 atom stereocenters. The number of hydrogen-bond donors (Lipinski definition) is 1. The third-order valence-corrected chi connectivity index (χ3v) is 6.46. The van der Waals surface area contributed by atoms with Gasteiger partial charge in [0.1, 0.15) is 5.75 Å². The van der Waals surface area contributed by atoms with E-state index in [-0.39, 0.29) is 22.5 Å². The Morgan fingerprint density at radius 2 is 1.74 bits per heavy atom. The minimum absolute atomic E-state index is 0.0191. The van der Waals surface area contributed by atoms with Crippen LogP contribution in [0.4, 0.5) is 5.69 Å². The van der Waals surface area contributed by atoms with Gasteiger partial charge in [-0.15, -0.1) is 0 Å². The maximum atomic E-state index is 13.3. The van der Waals surface area contributed by atoms with Gasteiger partial charge in [-0.25, -0.2) is 13.1 Å². The highest BCUT2D eigenvalue weighted by molar-refractivity contribution is 7.89. The van der Waals surface area contributed by atoms with Crippen LogP contribution < -0.4 is 14.4 Å². The molecule has 9 heteroatoms. The van der Waals surface area contributed by atoms with Crippen molar-refractivity contribution in [3.8, 4) is 11.8 Å². The predicted octanol–water partition coefficient (Wildman–Crippen LogP) is 2.22. The number of nitrogens with zero attached hydrogens (tertiary/aromatic N) is 3. The summed E-state index contributed by atoms with van der Waals surface area (Å²) >= 11 is 0. The molecular weight excluding hydrogens is 416 g/mol. The quantitative estimate of drug-likeness (QED) is 0.736. The van der Waals surface area contributed by atoms with Gasteiger partial charge < -0.3 is 14.5 Å². The fourth-order valence-electron chi connectivity index (χ4n) is 3.40. The summed E-state index contributed by atoms with van der Waals surface area (Å²) in [5.41, 5.74) is 1.83. The van der Waals surface area contributed by atoms with Crippen LogP contribution in [0.25, 0.3) is 0 Å². The first-order chi connectivity index (χ1) is 14.7. The predicted molar refractivity (Wildman–Crippen MR) is 118 cm³/mol. The zero-order valence-electron chi connectivity index (χ0n) is 17.8. The van der Waals surface area contributed by atoms with Crippen LogP contribution in [0.2, 0.25) is 0 Å². The second-order valence-electron chi connectivity index (χ2n) is 7.47. The first-order valence-electron chi connectivity index (χ1n) is 10.0. The average molecular weight is 443 g/mol. The summed E-state index contributed by atoms with van der Waals surface area (Å²) in [6, 6.07) is 13.8. The van der Waals surface area contributed by atoms with Gasteiger partial charge in [0.25, 0.3) is 5.91 Å². The second-order valence-corrected chi connectivity index (χ2v) is 9.36. The van der Waals surface area contributed by atoms with Gasteiger partial charge >= 0.3 is 0 Å². The van der Waals surface area contributed by atoms with Crippen LogP contribution in [0, 0.1) is 11.3 Å². The minimum atomic E-state index is -3.69. The van der Waals surface area contributed by atoms with Gasteiger partial charge in [0.2, 0.25) is 10.0 Å². The topological polar surface area (TPSA) is 103 Å². The normalized spacial score (nSPS) is 14.4. The van der Waals surface area contributed by atoms with E-state index in [2.05, 4.69) is 15.7 Å². The largest absolute Gasteiger partial charge is 0.490 e. The standard InChI is InChI=1S/C22H26N4O4S/c1-16(2)30-21-9-8-19(31(28,29)24-3)14-20(21)22(27)26-12-10-25(11-13-26)18-6-4-17(15-23)5-7-18/h4-9,14,16,24H,10-13H2,1-3H3. The lowest BCUT2D eigenvalue weighted by Gasteiger charge is -2.36. The molecule has 0 bridgehead atoms. The van der Waals surface area contributed by atoms with E-state index in [9.17, 15) is 13.2 Å². The van der Waals surface area contributed by atoms with Crippen LogP contribution in [-0.4, -0.2) is 58.6 Å². The number of carbonyl (C=O) groups excluding carboxylic acids is 1. The van der Waals surface area contributed by atoms with Crippen LogP contribution in [0.5, 0.6) is 5.75 Å². The summed E-state index contributed by atoms with van der Waals surface area (Å²) < 4.78 is 32.5. The Balaban J connectivity index is 1.80. The van der Waals surface area contributed by atoms with Crippen molar-refractivity contribution in [3.05, 3.63) is 53.6 Å². The summed E-state index contributed by atoms with van der Waals surface area (Å²) in [7, 11) is -2.36. The molecule has 1 saturated heterocycles. The number of sulfonamides is 1. The van der Waals surface area contributed by atoms with Gasteiger partial charge in [0.15, 0.2) is 0 Å². The number of rotatable bonds is 6. The van der Waals surface area contributed by atoms with Gasteiger partial charge in [-0.2, -0.15) is 5.26 Å². The van der Waals surface area contributed by atoms with Crippen molar-refractivity contribution in [1.29, 1.82) is 5.26 Å². The summed E-state index contributed by atoms with van der Waals surface area (Å²) in [6.07, 6.45) is -0.161. The Hall–Kier alpha value is -3.09. The van der Waals surface area contributed by atoms with Crippen molar-refractivity contribution < 1.29 is 17.9 Å². The van der Waals surface area contributed by atoms with Crippen molar-refractivity contribution >= 4 is 21.6 Å². The number of nitrogens with one attached hydrogen (secondary N) is 1. The lowest BCUT2D eigenvalue weighted by atomic mass is 10.1.